The molecule has 0 aromatic heterocycles. The molecule has 0 heterocycles. The van der Waals surface area contributed by atoms with Crippen LogP contribution in [0.5, 0.6) is 0 Å². The summed E-state index contributed by atoms with van der Waals surface area (Å²) >= 11 is 0. The van der Waals surface area contributed by atoms with Gasteiger partial charge in [-0.1, -0.05) is 101 Å². The fourth-order valence-corrected chi connectivity index (χ4v) is 0. The molecule has 0 amide bonds. The quantitative estimate of drug-likeness (QED) is 0.424. The first kappa shape index (κ1) is 7.35. The van der Waals surface area contributed by atoms with Crippen LogP contribution in [0.4, 0.5) is 0 Å². The second-order valence-corrected chi connectivity index (χ2v) is 1.77. The molecule has 0 radical (unpaired) electrons. The normalized spacial score (nSPS) is 14.7. The van der Waals surface area contributed by atoms with Crippen LogP contribution in [-0.4, -0.2) is 0 Å². The smallest absolute Gasteiger partial charge is 0.0230 e. The van der Waals surface area contributed by atoms with E-state index >= 15 is 0 Å². The molecule has 0 fully saturated rings. The molecule has 0 aliphatic heterocycles. The molecule has 0 aromatic carbocycles. The van der Waals surface area contributed by atoms with Crippen molar-refractivity contribution in [3.05, 3.63) is 0 Å². The van der Waals surface area contributed by atoms with Gasteiger partial charge in [0.2, 0.25) is 0 Å². The Morgan fingerprint density at radius 2 is 0.533 bits per heavy atom. The lowest BCUT2D eigenvalue weighted by atomic mass is 10.6. The summed E-state index contributed by atoms with van der Waals surface area (Å²) in [6, 6.07) is 0. The predicted octanol–water partition coefficient (Wildman–Crippen LogP) is 7.08. The molecule has 0 saturated heterocycles. The SMILES string of the molecule is [3H]CCC[3H].[3H]CCC[3H].[3H]CCC[3H].[3H]CCC[3H].[3H]CCC[3H]. The maximum atomic E-state index is 6.48. The van der Waals surface area contributed by atoms with Crippen molar-refractivity contribution in [1.29, 1.82) is 0 Å². The van der Waals surface area contributed by atoms with Crippen molar-refractivity contribution in [1.82, 2.24) is 0 Å². The lowest BCUT2D eigenvalue weighted by molar-refractivity contribution is 1.09. The standard InChI is InChI=1S/5C3H8/c5*1-3-2/h5*3H2,1-2H3/i5*1T,2T. The highest BCUT2D eigenvalue weighted by Crippen LogP contribution is 1.57. The Bertz CT molecular complexity index is 96.7. The summed E-state index contributed by atoms with van der Waals surface area (Å²) < 4.78 is 64.8. The molecule has 0 unspecified atom stereocenters. The van der Waals surface area contributed by atoms with Gasteiger partial charge in [0.25, 0.3) is 0 Å². The minimum Gasteiger partial charge on any atom is -0.0656 e. The van der Waals surface area contributed by atoms with Gasteiger partial charge in [0.15, 0.2) is 0 Å². The van der Waals surface area contributed by atoms with Gasteiger partial charge in [0.1, 0.15) is 0 Å². The van der Waals surface area contributed by atoms with Gasteiger partial charge >= 0.3 is 0 Å². The first-order valence-corrected chi connectivity index (χ1v) is 5.00. The highest BCUT2D eigenvalue weighted by Gasteiger charge is 1.36. The average molecular weight is 241 g/mol. The fraction of sp³-hybridized carbons (Fsp3) is 1.00. The molecule has 0 nitrogen and oxygen atoms in total. The van der Waals surface area contributed by atoms with Crippen LogP contribution >= 0.6 is 0 Å². The van der Waals surface area contributed by atoms with Crippen molar-refractivity contribution in [2.24, 2.45) is 0 Å². The number of rotatable bonds is 0. The van der Waals surface area contributed by atoms with Crippen molar-refractivity contribution in [2.45, 2.75) is 101 Å². The molecule has 0 N–H and O–H groups in total. The Morgan fingerprint density at radius 1 is 0.400 bits per heavy atom. The summed E-state index contributed by atoms with van der Waals surface area (Å²) in [7, 11) is 0. The lowest BCUT2D eigenvalue weighted by Gasteiger charge is -1.48. The van der Waals surface area contributed by atoms with Crippen molar-refractivity contribution in [3.63, 3.8) is 0 Å². The lowest BCUT2D eigenvalue weighted by Crippen LogP contribution is -1.27. The minimum atomic E-state index is 0.406. The molecule has 0 aromatic rings. The molecular formula is C15H40. The molecule has 0 atom stereocenters. The van der Waals surface area contributed by atoms with Gasteiger partial charge in [-0.2, -0.15) is 0 Å². The molecule has 0 saturated carbocycles. The summed E-state index contributed by atoms with van der Waals surface area (Å²) in [4.78, 5) is 0. The molecule has 0 spiro atoms. The molecular weight excluding hydrogens is 180 g/mol. The van der Waals surface area contributed by atoms with Crippen LogP contribution in [0.1, 0.15) is 115 Å². The van der Waals surface area contributed by atoms with Crippen LogP contribution in [0.3, 0.4) is 0 Å². The molecule has 100 valence electrons. The second-order valence-electron chi connectivity index (χ2n) is 1.77. The zero-order valence-electron chi connectivity index (χ0n) is 20.6. The highest BCUT2D eigenvalue weighted by atomic mass is 13.4. The molecule has 15 heavy (non-hydrogen) atoms. The van der Waals surface area contributed by atoms with Crippen molar-refractivity contribution >= 4 is 0 Å². The van der Waals surface area contributed by atoms with Gasteiger partial charge in [-0.15, -0.1) is 0 Å². The summed E-state index contributed by atoms with van der Waals surface area (Å²) in [5, 5.41) is 0. The van der Waals surface area contributed by atoms with E-state index in [0.29, 0.717) is 69.0 Å². The van der Waals surface area contributed by atoms with E-state index < -0.39 is 0 Å². The molecule has 0 rings (SSSR count). The Labute approximate surface area is 116 Å². The first-order valence-electron chi connectivity index (χ1n) is 12.1. The van der Waals surface area contributed by atoms with Gasteiger partial charge < -0.3 is 0 Å². The van der Waals surface area contributed by atoms with Crippen molar-refractivity contribution in [2.75, 3.05) is 0 Å². The predicted molar refractivity (Wildman–Crippen MR) is 79.8 cm³/mol. The van der Waals surface area contributed by atoms with Crippen LogP contribution < -0.4 is 0 Å². The van der Waals surface area contributed by atoms with E-state index in [0.717, 1.165) is 32.1 Å². The second kappa shape index (κ2) is 94.6. The topological polar surface area (TPSA) is 0 Å². The summed E-state index contributed by atoms with van der Waals surface area (Å²) in [5.41, 5.74) is 0. The summed E-state index contributed by atoms with van der Waals surface area (Å²) in [5.74, 6) is 0. The van der Waals surface area contributed by atoms with E-state index in [2.05, 4.69) is 0 Å². The van der Waals surface area contributed by atoms with E-state index in [1.807, 2.05) is 0 Å². The Hall–Kier alpha value is 0. The third-order valence-electron chi connectivity index (χ3n) is 0. The van der Waals surface area contributed by atoms with Gasteiger partial charge in [0.05, 0.1) is 0 Å². The third-order valence-corrected chi connectivity index (χ3v) is 0. The monoisotopic (exact) mass is 240 g/mol. The van der Waals surface area contributed by atoms with Gasteiger partial charge in [-0.05, 0) is 0 Å². The van der Waals surface area contributed by atoms with Crippen molar-refractivity contribution in [3.8, 4) is 0 Å². The van der Waals surface area contributed by atoms with E-state index in [9.17, 15) is 0 Å². The maximum absolute atomic E-state index is 6.48. The Morgan fingerprint density at radius 3 is 0.533 bits per heavy atom. The highest BCUT2D eigenvalue weighted by molar-refractivity contribution is 3.93. The number of hydrogen-bond acceptors (Lipinski definition) is 0. The summed E-state index contributed by atoms with van der Waals surface area (Å²) in [6.07, 6.45) is 3.61. The first-order chi connectivity index (χ1) is 12.1. The maximum Gasteiger partial charge on any atom is 0.0230 e. The van der Waals surface area contributed by atoms with Gasteiger partial charge in [-0.3, -0.25) is 0 Å². The third kappa shape index (κ3) is 0. The largest absolute Gasteiger partial charge is 0.0656 e. The van der Waals surface area contributed by atoms with Crippen LogP contribution in [0.15, 0.2) is 0 Å². The zero-order valence-corrected chi connectivity index (χ0v) is 10.6. The van der Waals surface area contributed by atoms with Gasteiger partial charge in [-0.25, -0.2) is 0 Å². The van der Waals surface area contributed by atoms with Crippen LogP contribution in [0, 0.1) is 0 Å². The van der Waals surface area contributed by atoms with E-state index in [1.54, 1.807) is 0 Å². The molecule has 0 heteroatoms. The number of hydrogen-bond donors (Lipinski definition) is 0. The van der Waals surface area contributed by atoms with Crippen molar-refractivity contribution < 1.29 is 13.7 Å². The van der Waals surface area contributed by atoms with Crippen LogP contribution in [-0.2, 0) is 0 Å². The van der Waals surface area contributed by atoms with E-state index in [-0.39, 0.29) is 0 Å². The Kier molecular flexibility index (Phi) is 46.4. The van der Waals surface area contributed by atoms with E-state index in [1.165, 1.54) is 0 Å². The molecule has 0 aliphatic carbocycles. The fourth-order valence-electron chi connectivity index (χ4n) is 0. The zero-order chi connectivity index (χ0) is 20.6. The van der Waals surface area contributed by atoms with E-state index in [4.69, 9.17) is 13.7 Å². The van der Waals surface area contributed by atoms with Crippen LogP contribution in [0.25, 0.3) is 0 Å². The van der Waals surface area contributed by atoms with Crippen LogP contribution in [0.2, 0.25) is 0 Å². The molecule has 0 bridgehead atoms. The molecule has 0 aliphatic rings. The minimum absolute atomic E-state index is 0.406. The Balaban J connectivity index is -0.0000000667. The van der Waals surface area contributed by atoms with Gasteiger partial charge in [0, 0.05) is 13.7 Å². The average Bonchev–Trinajstić information content (AvgIpc) is 2.61. The summed E-state index contributed by atoms with van der Waals surface area (Å²) in [6.45, 7) is 4.06.